The highest BCUT2D eigenvalue weighted by molar-refractivity contribution is 7.99. The molecule has 1 rings (SSSR count). The van der Waals surface area contributed by atoms with Gasteiger partial charge < -0.3 is 10.5 Å². The lowest BCUT2D eigenvalue weighted by atomic mass is 10.4. The Labute approximate surface area is 112 Å². The molecule has 0 radical (unpaired) electrons. The first-order chi connectivity index (χ1) is 8.63. The standard InChI is InChI=1S/C12H21N3O2S/c1-3-18-6-4-5-15-12(16)7-11(8-14-15)17-9-10(2)13/h7-8,10H,3-6,9,13H2,1-2H3. The molecule has 0 saturated heterocycles. The van der Waals surface area contributed by atoms with Gasteiger partial charge in [0.2, 0.25) is 0 Å². The highest BCUT2D eigenvalue weighted by Gasteiger charge is 2.02. The van der Waals surface area contributed by atoms with Crippen LogP contribution in [-0.4, -0.2) is 33.9 Å². The summed E-state index contributed by atoms with van der Waals surface area (Å²) in [5.41, 5.74) is 5.45. The van der Waals surface area contributed by atoms with Gasteiger partial charge in [-0.2, -0.15) is 16.9 Å². The van der Waals surface area contributed by atoms with Gasteiger partial charge in [0.25, 0.3) is 5.56 Å². The molecule has 0 amide bonds. The average molecular weight is 271 g/mol. The van der Waals surface area contributed by atoms with E-state index in [9.17, 15) is 4.79 Å². The summed E-state index contributed by atoms with van der Waals surface area (Å²) in [6.45, 7) is 5.01. The van der Waals surface area contributed by atoms with Crippen LogP contribution >= 0.6 is 11.8 Å². The summed E-state index contributed by atoms with van der Waals surface area (Å²) in [5, 5.41) is 4.08. The van der Waals surface area contributed by atoms with Crippen molar-refractivity contribution >= 4 is 11.8 Å². The third-order valence-electron chi connectivity index (χ3n) is 2.22. The highest BCUT2D eigenvalue weighted by Crippen LogP contribution is 2.05. The molecule has 0 aliphatic carbocycles. The van der Waals surface area contributed by atoms with Gasteiger partial charge in [0.1, 0.15) is 12.4 Å². The van der Waals surface area contributed by atoms with E-state index in [1.165, 1.54) is 10.7 Å². The predicted molar refractivity (Wildman–Crippen MR) is 75.3 cm³/mol. The van der Waals surface area contributed by atoms with Crippen LogP contribution in [-0.2, 0) is 6.54 Å². The molecular weight excluding hydrogens is 250 g/mol. The molecule has 0 saturated carbocycles. The van der Waals surface area contributed by atoms with Crippen LogP contribution in [0.5, 0.6) is 5.75 Å². The van der Waals surface area contributed by atoms with Crippen LogP contribution in [0.25, 0.3) is 0 Å². The molecule has 1 unspecified atom stereocenters. The second kappa shape index (κ2) is 8.16. The number of aromatic nitrogens is 2. The van der Waals surface area contributed by atoms with Gasteiger partial charge in [-0.1, -0.05) is 6.92 Å². The molecule has 1 atom stereocenters. The smallest absolute Gasteiger partial charge is 0.270 e. The Balaban J connectivity index is 2.49. The summed E-state index contributed by atoms with van der Waals surface area (Å²) in [4.78, 5) is 11.7. The van der Waals surface area contributed by atoms with Gasteiger partial charge in [0, 0.05) is 18.7 Å². The maximum Gasteiger partial charge on any atom is 0.270 e. The largest absolute Gasteiger partial charge is 0.490 e. The number of hydrogen-bond acceptors (Lipinski definition) is 5. The first-order valence-corrected chi connectivity index (χ1v) is 7.32. The normalized spacial score (nSPS) is 12.4. The Morgan fingerprint density at radius 1 is 1.61 bits per heavy atom. The van der Waals surface area contributed by atoms with Crippen molar-refractivity contribution in [3.05, 3.63) is 22.6 Å². The molecule has 2 N–H and O–H groups in total. The Morgan fingerprint density at radius 2 is 2.39 bits per heavy atom. The molecule has 5 nitrogen and oxygen atoms in total. The number of nitrogens with zero attached hydrogens (tertiary/aromatic N) is 2. The van der Waals surface area contributed by atoms with E-state index in [1.807, 2.05) is 18.7 Å². The lowest BCUT2D eigenvalue weighted by Crippen LogP contribution is -2.26. The molecule has 6 heteroatoms. The van der Waals surface area contributed by atoms with Crippen LogP contribution in [0.3, 0.4) is 0 Å². The van der Waals surface area contributed by atoms with Crippen LogP contribution < -0.4 is 16.0 Å². The van der Waals surface area contributed by atoms with Crippen LogP contribution in [0.1, 0.15) is 20.3 Å². The molecule has 0 fully saturated rings. The number of thioether (sulfide) groups is 1. The minimum atomic E-state index is -0.126. The van der Waals surface area contributed by atoms with Crippen molar-refractivity contribution in [1.29, 1.82) is 0 Å². The van der Waals surface area contributed by atoms with Gasteiger partial charge in [0.15, 0.2) is 0 Å². The van der Waals surface area contributed by atoms with Crippen molar-refractivity contribution < 1.29 is 4.74 Å². The first kappa shape index (κ1) is 15.0. The molecule has 0 spiro atoms. The molecule has 0 aliphatic heterocycles. The Morgan fingerprint density at radius 3 is 3.00 bits per heavy atom. The lowest BCUT2D eigenvalue weighted by Gasteiger charge is -2.09. The van der Waals surface area contributed by atoms with Crippen molar-refractivity contribution in [1.82, 2.24) is 9.78 Å². The van der Waals surface area contributed by atoms with Crippen molar-refractivity contribution in [3.8, 4) is 5.75 Å². The SMILES string of the molecule is CCSCCCn1ncc(OCC(C)N)cc1=O. The quantitative estimate of drug-likeness (QED) is 0.717. The molecule has 1 heterocycles. The van der Waals surface area contributed by atoms with Gasteiger partial charge in [-0.25, -0.2) is 4.68 Å². The van der Waals surface area contributed by atoms with Crippen molar-refractivity contribution in [3.63, 3.8) is 0 Å². The van der Waals surface area contributed by atoms with Crippen molar-refractivity contribution in [2.75, 3.05) is 18.1 Å². The van der Waals surface area contributed by atoms with Gasteiger partial charge in [-0.15, -0.1) is 0 Å². The molecule has 1 aromatic rings. The van der Waals surface area contributed by atoms with Gasteiger partial charge in [-0.05, 0) is 24.9 Å². The molecule has 0 aromatic carbocycles. The van der Waals surface area contributed by atoms with Crippen molar-refractivity contribution in [2.24, 2.45) is 5.73 Å². The maximum atomic E-state index is 11.7. The molecule has 1 aromatic heterocycles. The van der Waals surface area contributed by atoms with Gasteiger partial charge in [-0.3, -0.25) is 4.79 Å². The number of ether oxygens (including phenoxy) is 1. The van der Waals surface area contributed by atoms with E-state index >= 15 is 0 Å². The summed E-state index contributed by atoms with van der Waals surface area (Å²) >= 11 is 1.87. The van der Waals surface area contributed by atoms with E-state index in [4.69, 9.17) is 10.5 Å². The van der Waals surface area contributed by atoms with Crippen molar-refractivity contribution in [2.45, 2.75) is 32.9 Å². The monoisotopic (exact) mass is 271 g/mol. The van der Waals surface area contributed by atoms with Gasteiger partial charge >= 0.3 is 0 Å². The molecular formula is C12H21N3O2S. The fraction of sp³-hybridized carbons (Fsp3) is 0.667. The molecule has 0 aliphatic rings. The number of rotatable bonds is 8. The lowest BCUT2D eigenvalue weighted by molar-refractivity contribution is 0.292. The number of hydrogen-bond donors (Lipinski definition) is 1. The summed E-state index contributed by atoms with van der Waals surface area (Å²) < 4.78 is 6.81. The molecule has 102 valence electrons. The zero-order valence-electron chi connectivity index (χ0n) is 11.0. The minimum absolute atomic E-state index is 0.0569. The average Bonchev–Trinajstić information content (AvgIpc) is 2.34. The second-order valence-corrected chi connectivity index (χ2v) is 5.49. The summed E-state index contributed by atoms with van der Waals surface area (Å²) in [6.07, 6.45) is 2.52. The van der Waals surface area contributed by atoms with E-state index in [1.54, 1.807) is 6.20 Å². The fourth-order valence-corrected chi connectivity index (χ4v) is 1.97. The topological polar surface area (TPSA) is 70.1 Å². The van der Waals surface area contributed by atoms with Crippen LogP contribution in [0.2, 0.25) is 0 Å². The third kappa shape index (κ3) is 5.55. The zero-order chi connectivity index (χ0) is 13.4. The second-order valence-electron chi connectivity index (χ2n) is 4.09. The number of nitrogens with two attached hydrogens (primary N) is 1. The van der Waals surface area contributed by atoms with Gasteiger partial charge in [0.05, 0.1) is 6.20 Å². The van der Waals surface area contributed by atoms with E-state index in [0.29, 0.717) is 18.9 Å². The third-order valence-corrected chi connectivity index (χ3v) is 3.21. The Bertz CT molecular complexity index is 407. The maximum absolute atomic E-state index is 11.7. The summed E-state index contributed by atoms with van der Waals surface area (Å²) in [5.74, 6) is 2.64. The minimum Gasteiger partial charge on any atom is -0.490 e. The van der Waals surface area contributed by atoms with E-state index in [2.05, 4.69) is 12.0 Å². The zero-order valence-corrected chi connectivity index (χ0v) is 11.8. The van der Waals surface area contributed by atoms with E-state index < -0.39 is 0 Å². The van der Waals surface area contributed by atoms with Crippen LogP contribution in [0, 0.1) is 0 Å². The predicted octanol–water partition coefficient (Wildman–Crippen LogP) is 1.11. The highest BCUT2D eigenvalue weighted by atomic mass is 32.2. The van der Waals surface area contributed by atoms with Crippen LogP contribution in [0.15, 0.2) is 17.1 Å². The Hall–Kier alpha value is -1.01. The Kier molecular flexibility index (Phi) is 6.82. The first-order valence-electron chi connectivity index (χ1n) is 6.16. The molecule has 0 bridgehead atoms. The summed E-state index contributed by atoms with van der Waals surface area (Å²) in [7, 11) is 0. The molecule has 18 heavy (non-hydrogen) atoms. The summed E-state index contributed by atoms with van der Waals surface area (Å²) in [6, 6.07) is 1.40. The van der Waals surface area contributed by atoms with Crippen LogP contribution in [0.4, 0.5) is 0 Å². The van der Waals surface area contributed by atoms with E-state index in [0.717, 1.165) is 17.9 Å². The number of aryl methyl sites for hydroxylation is 1. The van der Waals surface area contributed by atoms with E-state index in [-0.39, 0.29) is 11.6 Å². The fourth-order valence-electron chi connectivity index (χ4n) is 1.35.